The number of aryl methyl sites for hydroxylation is 1. The monoisotopic (exact) mass is 464 g/mol. The fourth-order valence-corrected chi connectivity index (χ4v) is 3.94. The minimum Gasteiger partial charge on any atom is -0.447 e. The maximum absolute atomic E-state index is 13.1. The Morgan fingerprint density at radius 1 is 1.06 bits per heavy atom. The van der Waals surface area contributed by atoms with Crippen LogP contribution in [0.1, 0.15) is 30.1 Å². The molecule has 2 aromatic carbocycles. The minimum atomic E-state index is -1.06. The van der Waals surface area contributed by atoms with Crippen LogP contribution in [0.25, 0.3) is 0 Å². The van der Waals surface area contributed by atoms with Gasteiger partial charge in [-0.2, -0.15) is 0 Å². The number of ether oxygens (including phenoxy) is 1. The van der Waals surface area contributed by atoms with E-state index in [0.717, 1.165) is 5.56 Å². The molecule has 2 heterocycles. The smallest absolute Gasteiger partial charge is 0.310 e. The lowest BCUT2D eigenvalue weighted by atomic mass is 9.97. The molecule has 1 aliphatic rings. The fraction of sp³-hybridized carbons (Fsp3) is 0.280. The van der Waals surface area contributed by atoms with Gasteiger partial charge in [-0.15, -0.1) is 0 Å². The number of nitrogens with one attached hydrogen (secondary N) is 1. The van der Waals surface area contributed by atoms with Crippen molar-refractivity contribution in [2.75, 3.05) is 23.3 Å². The first-order chi connectivity index (χ1) is 16.0. The summed E-state index contributed by atoms with van der Waals surface area (Å²) in [5, 5.41) is 3.37. The molecule has 1 unspecified atom stereocenters. The second kappa shape index (κ2) is 10.4. The van der Waals surface area contributed by atoms with Crippen LogP contribution in [0.4, 0.5) is 11.6 Å². The van der Waals surface area contributed by atoms with E-state index < -0.39 is 12.0 Å². The molecule has 1 aliphatic heterocycles. The average molecular weight is 465 g/mol. The van der Waals surface area contributed by atoms with E-state index in [-0.39, 0.29) is 11.9 Å². The maximum Gasteiger partial charge on any atom is 0.310 e. The Morgan fingerprint density at radius 2 is 1.76 bits per heavy atom. The number of piperidine rings is 1. The van der Waals surface area contributed by atoms with E-state index in [2.05, 4.69) is 15.3 Å². The van der Waals surface area contributed by atoms with Crippen molar-refractivity contribution in [2.24, 2.45) is 5.92 Å². The number of carbonyl (C=O) groups excluding carboxylic acids is 2. The summed E-state index contributed by atoms with van der Waals surface area (Å²) < 4.78 is 5.77. The van der Waals surface area contributed by atoms with Gasteiger partial charge >= 0.3 is 5.97 Å². The topological polar surface area (TPSA) is 84.4 Å². The number of amides is 1. The van der Waals surface area contributed by atoms with E-state index in [1.165, 1.54) is 0 Å². The summed E-state index contributed by atoms with van der Waals surface area (Å²) in [6, 6.07) is 16.1. The first kappa shape index (κ1) is 22.7. The second-order valence-electron chi connectivity index (χ2n) is 7.99. The predicted molar refractivity (Wildman–Crippen MR) is 127 cm³/mol. The molecule has 1 atom stereocenters. The quantitative estimate of drug-likeness (QED) is 0.537. The van der Waals surface area contributed by atoms with Crippen LogP contribution in [0.15, 0.2) is 67.0 Å². The number of rotatable bonds is 6. The SMILES string of the molecule is Cc1ccc(NC(=O)C(OC(=O)C2CCN(c3ncccn3)CC2)c2ccccc2)cc1Cl. The molecule has 170 valence electrons. The van der Waals surface area contributed by atoms with Gasteiger partial charge < -0.3 is 15.0 Å². The largest absolute Gasteiger partial charge is 0.447 e. The van der Waals surface area contributed by atoms with Crippen LogP contribution in [0.5, 0.6) is 0 Å². The molecular formula is C25H25ClN4O3. The first-order valence-corrected chi connectivity index (χ1v) is 11.2. The number of halogens is 1. The van der Waals surface area contributed by atoms with Gasteiger partial charge in [0.15, 0.2) is 0 Å². The number of aromatic nitrogens is 2. The lowest BCUT2D eigenvalue weighted by Crippen LogP contribution is -2.38. The van der Waals surface area contributed by atoms with Crippen molar-refractivity contribution in [1.82, 2.24) is 9.97 Å². The predicted octanol–water partition coefficient (Wildman–Crippen LogP) is 4.58. The molecule has 0 aliphatic carbocycles. The molecule has 0 saturated carbocycles. The summed E-state index contributed by atoms with van der Waals surface area (Å²) in [5.74, 6) is -0.445. The third kappa shape index (κ3) is 5.68. The Morgan fingerprint density at radius 3 is 2.42 bits per heavy atom. The number of hydrogen-bond donors (Lipinski definition) is 1. The maximum atomic E-state index is 13.1. The summed E-state index contributed by atoms with van der Waals surface area (Å²) in [5.41, 5.74) is 2.06. The van der Waals surface area contributed by atoms with Crippen molar-refractivity contribution in [3.05, 3.63) is 83.1 Å². The first-order valence-electron chi connectivity index (χ1n) is 10.9. The van der Waals surface area contributed by atoms with E-state index in [0.29, 0.717) is 48.2 Å². The van der Waals surface area contributed by atoms with Gasteiger partial charge in [-0.25, -0.2) is 9.97 Å². The lowest BCUT2D eigenvalue weighted by molar-refractivity contribution is -0.159. The van der Waals surface area contributed by atoms with Gasteiger partial charge in [0.1, 0.15) is 0 Å². The minimum absolute atomic E-state index is 0.294. The van der Waals surface area contributed by atoms with Crippen molar-refractivity contribution >= 4 is 35.1 Å². The second-order valence-corrected chi connectivity index (χ2v) is 8.40. The molecule has 1 amide bonds. The lowest BCUT2D eigenvalue weighted by Gasteiger charge is -2.31. The molecule has 0 bridgehead atoms. The highest BCUT2D eigenvalue weighted by molar-refractivity contribution is 6.31. The Labute approximate surface area is 197 Å². The van der Waals surface area contributed by atoms with Crippen LogP contribution in [0.2, 0.25) is 5.02 Å². The molecule has 1 aromatic heterocycles. The normalized spacial score (nSPS) is 15.0. The van der Waals surface area contributed by atoms with E-state index >= 15 is 0 Å². The van der Waals surface area contributed by atoms with Crippen molar-refractivity contribution < 1.29 is 14.3 Å². The van der Waals surface area contributed by atoms with Gasteiger partial charge in [-0.1, -0.05) is 48.0 Å². The Balaban J connectivity index is 1.44. The Kier molecular flexibility index (Phi) is 7.19. The van der Waals surface area contributed by atoms with E-state index in [1.807, 2.05) is 36.1 Å². The fourth-order valence-electron chi connectivity index (χ4n) is 3.76. The zero-order valence-corrected chi connectivity index (χ0v) is 19.0. The number of benzene rings is 2. The van der Waals surface area contributed by atoms with Gasteiger partial charge in [0.2, 0.25) is 12.1 Å². The molecule has 1 fully saturated rings. The van der Waals surface area contributed by atoms with Crippen LogP contribution in [-0.2, 0) is 14.3 Å². The molecular weight excluding hydrogens is 440 g/mol. The molecule has 1 N–H and O–H groups in total. The molecule has 0 radical (unpaired) electrons. The van der Waals surface area contributed by atoms with E-state index in [9.17, 15) is 9.59 Å². The van der Waals surface area contributed by atoms with Gasteiger partial charge in [0.25, 0.3) is 5.91 Å². The van der Waals surface area contributed by atoms with Crippen LogP contribution >= 0.6 is 11.6 Å². The van der Waals surface area contributed by atoms with Crippen molar-refractivity contribution in [3.63, 3.8) is 0 Å². The van der Waals surface area contributed by atoms with Crippen LogP contribution in [0, 0.1) is 12.8 Å². The standard InChI is InChI=1S/C25H25ClN4O3/c1-17-8-9-20(16-21(17)26)29-23(31)22(18-6-3-2-4-7-18)33-24(32)19-10-14-30(15-11-19)25-27-12-5-13-28-25/h2-9,12-13,16,19,22H,10-11,14-15H2,1H3,(H,29,31). The number of carbonyl (C=O) groups is 2. The summed E-state index contributed by atoms with van der Waals surface area (Å²) >= 11 is 6.19. The third-order valence-electron chi connectivity index (χ3n) is 5.68. The van der Waals surface area contributed by atoms with Crippen molar-refractivity contribution in [1.29, 1.82) is 0 Å². The van der Waals surface area contributed by atoms with Crippen molar-refractivity contribution in [3.8, 4) is 0 Å². The van der Waals surface area contributed by atoms with Crippen LogP contribution < -0.4 is 10.2 Å². The average Bonchev–Trinajstić information content (AvgIpc) is 2.86. The van der Waals surface area contributed by atoms with E-state index in [1.54, 1.807) is 42.7 Å². The zero-order chi connectivity index (χ0) is 23.2. The van der Waals surface area contributed by atoms with Crippen LogP contribution in [0.3, 0.4) is 0 Å². The van der Waals surface area contributed by atoms with Crippen LogP contribution in [-0.4, -0.2) is 34.9 Å². The number of hydrogen-bond acceptors (Lipinski definition) is 6. The Hall–Kier alpha value is -3.45. The highest BCUT2D eigenvalue weighted by Gasteiger charge is 2.32. The number of nitrogens with zero attached hydrogens (tertiary/aromatic N) is 3. The van der Waals surface area contributed by atoms with Crippen molar-refractivity contribution in [2.45, 2.75) is 25.9 Å². The Bertz CT molecular complexity index is 1100. The number of anilines is 2. The van der Waals surface area contributed by atoms with Gasteiger partial charge in [-0.3, -0.25) is 9.59 Å². The molecule has 33 heavy (non-hydrogen) atoms. The van der Waals surface area contributed by atoms with E-state index in [4.69, 9.17) is 16.3 Å². The van der Waals surface area contributed by atoms with Gasteiger partial charge in [0.05, 0.1) is 5.92 Å². The highest BCUT2D eigenvalue weighted by atomic mass is 35.5. The number of esters is 1. The zero-order valence-electron chi connectivity index (χ0n) is 18.3. The highest BCUT2D eigenvalue weighted by Crippen LogP contribution is 2.27. The molecule has 4 rings (SSSR count). The summed E-state index contributed by atoms with van der Waals surface area (Å²) in [7, 11) is 0. The molecule has 0 spiro atoms. The molecule has 8 heteroatoms. The third-order valence-corrected chi connectivity index (χ3v) is 6.08. The van der Waals surface area contributed by atoms with Gasteiger partial charge in [0, 0.05) is 41.8 Å². The molecule has 7 nitrogen and oxygen atoms in total. The summed E-state index contributed by atoms with van der Waals surface area (Å²) in [6.07, 6.45) is 3.55. The molecule has 1 saturated heterocycles. The molecule has 3 aromatic rings. The van der Waals surface area contributed by atoms with Gasteiger partial charge in [-0.05, 0) is 43.5 Å². The summed E-state index contributed by atoms with van der Waals surface area (Å²) in [6.45, 7) is 3.18. The summed E-state index contributed by atoms with van der Waals surface area (Å²) in [4.78, 5) is 36.7.